The lowest BCUT2D eigenvalue weighted by molar-refractivity contribution is 0.0432. The van der Waals surface area contributed by atoms with Crippen molar-refractivity contribution in [3.05, 3.63) is 29.3 Å². The number of carbonyl (C=O) groups is 1. The fourth-order valence-electron chi connectivity index (χ4n) is 1.71. The summed E-state index contributed by atoms with van der Waals surface area (Å²) >= 11 is 0. The Morgan fingerprint density at radius 3 is 2.53 bits per heavy atom. The Hall–Kier alpha value is -1.51. The first-order valence-electron chi connectivity index (χ1n) is 6.11. The summed E-state index contributed by atoms with van der Waals surface area (Å²) in [6.45, 7) is 6.58. The maximum Gasteiger partial charge on any atom is 0.338 e. The lowest BCUT2D eigenvalue weighted by Gasteiger charge is -2.13. The van der Waals surface area contributed by atoms with Crippen molar-refractivity contribution < 1.29 is 9.53 Å². The van der Waals surface area contributed by atoms with Gasteiger partial charge in [0.1, 0.15) is 0 Å². The molecule has 0 spiro atoms. The predicted molar refractivity (Wildman–Crippen MR) is 69.9 cm³/mol. The summed E-state index contributed by atoms with van der Waals surface area (Å²) in [5.41, 5.74) is 7.77. The van der Waals surface area contributed by atoms with Gasteiger partial charge < -0.3 is 10.5 Å². The smallest absolute Gasteiger partial charge is 0.338 e. The zero-order chi connectivity index (χ0) is 12.8. The molecule has 0 heterocycles. The highest BCUT2D eigenvalue weighted by Gasteiger charge is 2.12. The summed E-state index contributed by atoms with van der Waals surface area (Å²) in [7, 11) is 0. The van der Waals surface area contributed by atoms with Gasteiger partial charge in [0, 0.05) is 5.69 Å². The van der Waals surface area contributed by atoms with E-state index in [1.54, 1.807) is 18.2 Å². The summed E-state index contributed by atoms with van der Waals surface area (Å²) in [6.07, 6.45) is 2.06. The molecule has 1 aromatic rings. The summed E-state index contributed by atoms with van der Waals surface area (Å²) in [4.78, 5) is 11.9. The Kier molecular flexibility index (Phi) is 5.01. The lowest BCUT2D eigenvalue weighted by atomic mass is 10.1. The van der Waals surface area contributed by atoms with Crippen molar-refractivity contribution in [1.29, 1.82) is 0 Å². The molecule has 0 saturated heterocycles. The number of hydrogen-bond donors (Lipinski definition) is 1. The zero-order valence-electron chi connectivity index (χ0n) is 10.8. The Labute approximate surface area is 103 Å². The minimum atomic E-state index is -0.255. The van der Waals surface area contributed by atoms with Gasteiger partial charge in [0.2, 0.25) is 0 Å². The van der Waals surface area contributed by atoms with Gasteiger partial charge in [0.25, 0.3) is 0 Å². The molecule has 2 N–H and O–H groups in total. The molecule has 17 heavy (non-hydrogen) atoms. The molecule has 0 radical (unpaired) electrons. The molecule has 0 unspecified atom stereocenters. The Balaban J connectivity index is 2.64. The molecular formula is C14H21NO2. The van der Waals surface area contributed by atoms with E-state index in [0.717, 1.165) is 18.4 Å². The third-order valence-corrected chi connectivity index (χ3v) is 3.08. The van der Waals surface area contributed by atoms with Crippen LogP contribution < -0.4 is 5.73 Å². The number of esters is 1. The largest absolute Gasteiger partial charge is 0.462 e. The molecule has 1 rings (SSSR count). The SMILES string of the molecule is CCC(CC)COC(=O)c1ccc(N)cc1C. The maximum absolute atomic E-state index is 11.9. The van der Waals surface area contributed by atoms with Crippen LogP contribution in [-0.4, -0.2) is 12.6 Å². The van der Waals surface area contributed by atoms with E-state index < -0.39 is 0 Å². The summed E-state index contributed by atoms with van der Waals surface area (Å²) in [6, 6.07) is 5.23. The first kappa shape index (κ1) is 13.6. The average Bonchev–Trinajstić information content (AvgIpc) is 2.30. The minimum Gasteiger partial charge on any atom is -0.462 e. The van der Waals surface area contributed by atoms with Crippen molar-refractivity contribution >= 4 is 11.7 Å². The first-order valence-corrected chi connectivity index (χ1v) is 6.11. The van der Waals surface area contributed by atoms with Crippen molar-refractivity contribution in [2.45, 2.75) is 33.6 Å². The van der Waals surface area contributed by atoms with Crippen molar-refractivity contribution in [3.63, 3.8) is 0 Å². The molecule has 1 aromatic carbocycles. The molecule has 0 aliphatic rings. The predicted octanol–water partition coefficient (Wildman–Crippen LogP) is 3.17. The number of anilines is 1. The number of carbonyl (C=O) groups excluding carboxylic acids is 1. The third kappa shape index (κ3) is 3.77. The monoisotopic (exact) mass is 235 g/mol. The van der Waals surface area contributed by atoms with Crippen LogP contribution in [0, 0.1) is 12.8 Å². The number of ether oxygens (including phenoxy) is 1. The number of benzene rings is 1. The van der Waals surface area contributed by atoms with Crippen molar-refractivity contribution in [3.8, 4) is 0 Å². The minimum absolute atomic E-state index is 0.255. The van der Waals surface area contributed by atoms with Crippen LogP contribution in [0.2, 0.25) is 0 Å². The topological polar surface area (TPSA) is 52.3 Å². The van der Waals surface area contributed by atoms with Gasteiger partial charge in [-0.05, 0) is 36.6 Å². The van der Waals surface area contributed by atoms with Crippen LogP contribution in [0.25, 0.3) is 0 Å². The molecule has 0 amide bonds. The van der Waals surface area contributed by atoms with E-state index in [2.05, 4.69) is 13.8 Å². The molecule has 3 nitrogen and oxygen atoms in total. The molecule has 0 aliphatic carbocycles. The summed E-state index contributed by atoms with van der Waals surface area (Å²) in [5.74, 6) is 0.197. The third-order valence-electron chi connectivity index (χ3n) is 3.08. The van der Waals surface area contributed by atoms with Crippen LogP contribution in [0.15, 0.2) is 18.2 Å². The van der Waals surface area contributed by atoms with Crippen LogP contribution in [0.3, 0.4) is 0 Å². The van der Waals surface area contributed by atoms with Gasteiger partial charge in [-0.2, -0.15) is 0 Å². The van der Waals surface area contributed by atoms with Gasteiger partial charge in [0.15, 0.2) is 0 Å². The quantitative estimate of drug-likeness (QED) is 0.630. The van der Waals surface area contributed by atoms with Gasteiger partial charge in [-0.3, -0.25) is 0 Å². The van der Waals surface area contributed by atoms with Crippen molar-refractivity contribution in [2.75, 3.05) is 12.3 Å². The fraction of sp³-hybridized carbons (Fsp3) is 0.500. The zero-order valence-corrected chi connectivity index (χ0v) is 10.8. The second-order valence-corrected chi connectivity index (χ2v) is 4.36. The van der Waals surface area contributed by atoms with Gasteiger partial charge in [-0.1, -0.05) is 26.7 Å². The van der Waals surface area contributed by atoms with E-state index in [1.807, 2.05) is 6.92 Å². The molecule has 0 bridgehead atoms. The summed E-state index contributed by atoms with van der Waals surface area (Å²) in [5, 5.41) is 0. The van der Waals surface area contributed by atoms with Crippen LogP contribution in [0.1, 0.15) is 42.6 Å². The van der Waals surface area contributed by atoms with Crippen LogP contribution >= 0.6 is 0 Å². The highest BCUT2D eigenvalue weighted by atomic mass is 16.5. The Morgan fingerprint density at radius 1 is 1.35 bits per heavy atom. The molecule has 0 saturated carbocycles. The van der Waals surface area contributed by atoms with E-state index in [9.17, 15) is 4.79 Å². The Bertz CT molecular complexity index is 384. The highest BCUT2D eigenvalue weighted by molar-refractivity contribution is 5.91. The molecule has 0 atom stereocenters. The standard InChI is InChI=1S/C14H21NO2/c1-4-11(5-2)9-17-14(16)13-7-6-12(15)8-10(13)3/h6-8,11H,4-5,9,15H2,1-3H3. The van der Waals surface area contributed by atoms with Gasteiger partial charge in [0.05, 0.1) is 12.2 Å². The first-order chi connectivity index (χ1) is 8.08. The molecule has 3 heteroatoms. The molecule has 0 aromatic heterocycles. The van der Waals surface area contributed by atoms with E-state index in [1.165, 1.54) is 0 Å². The van der Waals surface area contributed by atoms with Crippen LogP contribution in [-0.2, 0) is 4.74 Å². The van der Waals surface area contributed by atoms with Crippen LogP contribution in [0.4, 0.5) is 5.69 Å². The number of nitrogen functional groups attached to an aromatic ring is 1. The highest BCUT2D eigenvalue weighted by Crippen LogP contribution is 2.15. The molecule has 0 fully saturated rings. The van der Waals surface area contributed by atoms with Gasteiger partial charge in [-0.25, -0.2) is 4.79 Å². The van der Waals surface area contributed by atoms with Gasteiger partial charge >= 0.3 is 5.97 Å². The average molecular weight is 235 g/mol. The maximum atomic E-state index is 11.9. The molecule has 94 valence electrons. The van der Waals surface area contributed by atoms with Gasteiger partial charge in [-0.15, -0.1) is 0 Å². The normalized spacial score (nSPS) is 10.6. The van der Waals surface area contributed by atoms with Crippen molar-refractivity contribution in [1.82, 2.24) is 0 Å². The lowest BCUT2D eigenvalue weighted by Crippen LogP contribution is -2.14. The molecular weight excluding hydrogens is 214 g/mol. The van der Waals surface area contributed by atoms with E-state index in [-0.39, 0.29) is 5.97 Å². The number of nitrogens with two attached hydrogens (primary N) is 1. The van der Waals surface area contributed by atoms with Crippen LogP contribution in [0.5, 0.6) is 0 Å². The fourth-order valence-corrected chi connectivity index (χ4v) is 1.71. The van der Waals surface area contributed by atoms with E-state index in [4.69, 9.17) is 10.5 Å². The number of aryl methyl sites for hydroxylation is 1. The number of rotatable bonds is 5. The van der Waals surface area contributed by atoms with Crippen molar-refractivity contribution in [2.24, 2.45) is 5.92 Å². The Morgan fingerprint density at radius 2 is 2.00 bits per heavy atom. The second-order valence-electron chi connectivity index (χ2n) is 4.36. The molecule has 0 aliphatic heterocycles. The van der Waals surface area contributed by atoms with E-state index in [0.29, 0.717) is 23.8 Å². The number of hydrogen-bond acceptors (Lipinski definition) is 3. The van der Waals surface area contributed by atoms with E-state index >= 15 is 0 Å². The second kappa shape index (κ2) is 6.28. The summed E-state index contributed by atoms with van der Waals surface area (Å²) < 4.78 is 5.31.